The van der Waals surface area contributed by atoms with Crippen LogP contribution in [0, 0.1) is 6.92 Å². The molecule has 0 aliphatic carbocycles. The Morgan fingerprint density at radius 2 is 2.21 bits per heavy atom. The van der Waals surface area contributed by atoms with E-state index < -0.39 is 0 Å². The lowest BCUT2D eigenvalue weighted by Crippen LogP contribution is -2.22. The molecule has 1 aromatic heterocycles. The molecule has 1 heterocycles. The van der Waals surface area contributed by atoms with E-state index in [1.165, 1.54) is 11.1 Å². The number of nitrogens with zero attached hydrogens (tertiary/aromatic N) is 3. The van der Waals surface area contributed by atoms with E-state index >= 15 is 0 Å². The standard InChI is InChI=1S/C14H19BrN4/c1-4-19-14(17-9-18-19)8-13(16-3)12-6-5-11(15)7-10(12)2/h5-7,9,13,16H,4,8H2,1-3H3. The predicted molar refractivity (Wildman–Crippen MR) is 80.1 cm³/mol. The van der Waals surface area contributed by atoms with Crippen LogP contribution in [-0.2, 0) is 13.0 Å². The number of rotatable bonds is 5. The summed E-state index contributed by atoms with van der Waals surface area (Å²) in [6, 6.07) is 6.64. The van der Waals surface area contributed by atoms with E-state index in [-0.39, 0.29) is 6.04 Å². The van der Waals surface area contributed by atoms with Crippen molar-refractivity contribution in [3.8, 4) is 0 Å². The Labute approximate surface area is 122 Å². The van der Waals surface area contributed by atoms with Crippen molar-refractivity contribution in [3.05, 3.63) is 46.0 Å². The van der Waals surface area contributed by atoms with Gasteiger partial charge < -0.3 is 5.32 Å². The Bertz CT molecular complexity index is 550. The topological polar surface area (TPSA) is 42.7 Å². The lowest BCUT2D eigenvalue weighted by atomic mass is 9.98. The summed E-state index contributed by atoms with van der Waals surface area (Å²) in [6.45, 7) is 5.07. The largest absolute Gasteiger partial charge is 0.313 e. The Morgan fingerprint density at radius 3 is 2.84 bits per heavy atom. The molecule has 0 bridgehead atoms. The molecule has 1 N–H and O–H groups in total. The fourth-order valence-electron chi connectivity index (χ4n) is 2.29. The molecule has 2 rings (SSSR count). The van der Waals surface area contributed by atoms with Crippen molar-refractivity contribution in [1.82, 2.24) is 20.1 Å². The first kappa shape index (κ1) is 14.2. The maximum absolute atomic E-state index is 4.35. The molecule has 0 spiro atoms. The third kappa shape index (κ3) is 3.22. The van der Waals surface area contributed by atoms with E-state index in [0.717, 1.165) is 23.3 Å². The van der Waals surface area contributed by atoms with Gasteiger partial charge in [-0.15, -0.1) is 0 Å². The fraction of sp³-hybridized carbons (Fsp3) is 0.429. The first-order chi connectivity index (χ1) is 9.15. The maximum Gasteiger partial charge on any atom is 0.138 e. The molecule has 2 aromatic rings. The Kier molecular flexibility index (Phi) is 4.71. The monoisotopic (exact) mass is 322 g/mol. The summed E-state index contributed by atoms with van der Waals surface area (Å²) in [7, 11) is 1.98. The quantitative estimate of drug-likeness (QED) is 0.920. The molecule has 0 radical (unpaired) electrons. The second-order valence-electron chi connectivity index (χ2n) is 4.54. The summed E-state index contributed by atoms with van der Waals surface area (Å²) in [4.78, 5) is 4.35. The summed E-state index contributed by atoms with van der Waals surface area (Å²) in [5.74, 6) is 1.02. The van der Waals surface area contributed by atoms with Gasteiger partial charge in [0.1, 0.15) is 12.2 Å². The zero-order chi connectivity index (χ0) is 13.8. The minimum atomic E-state index is 0.252. The molecule has 1 unspecified atom stereocenters. The second-order valence-corrected chi connectivity index (χ2v) is 5.45. The molecule has 0 saturated carbocycles. The zero-order valence-electron chi connectivity index (χ0n) is 11.5. The fourth-order valence-corrected chi connectivity index (χ4v) is 2.77. The minimum Gasteiger partial charge on any atom is -0.313 e. The van der Waals surface area contributed by atoms with Gasteiger partial charge in [0.15, 0.2) is 0 Å². The summed E-state index contributed by atoms with van der Waals surface area (Å²) >= 11 is 3.50. The normalized spacial score (nSPS) is 12.6. The Balaban J connectivity index is 2.25. The summed E-state index contributed by atoms with van der Waals surface area (Å²) in [6.07, 6.45) is 2.47. The van der Waals surface area contributed by atoms with Gasteiger partial charge in [-0.1, -0.05) is 22.0 Å². The van der Waals surface area contributed by atoms with Crippen LogP contribution in [0.3, 0.4) is 0 Å². The molecule has 1 atom stereocenters. The molecular formula is C14H19BrN4. The van der Waals surface area contributed by atoms with Crippen molar-refractivity contribution >= 4 is 15.9 Å². The highest BCUT2D eigenvalue weighted by Gasteiger charge is 2.15. The molecule has 0 fully saturated rings. The van der Waals surface area contributed by atoms with Gasteiger partial charge in [0.05, 0.1) is 0 Å². The number of hydrogen-bond donors (Lipinski definition) is 1. The number of aromatic nitrogens is 3. The number of nitrogens with one attached hydrogen (secondary N) is 1. The molecule has 0 aliphatic heterocycles. The number of aryl methyl sites for hydroxylation is 2. The Hall–Kier alpha value is -1.20. The van der Waals surface area contributed by atoms with E-state index in [4.69, 9.17) is 0 Å². The van der Waals surface area contributed by atoms with Crippen LogP contribution in [0.1, 0.15) is 29.9 Å². The van der Waals surface area contributed by atoms with Crippen molar-refractivity contribution in [1.29, 1.82) is 0 Å². The summed E-state index contributed by atoms with van der Waals surface area (Å²) < 4.78 is 3.05. The van der Waals surface area contributed by atoms with Gasteiger partial charge in [0.2, 0.25) is 0 Å². The number of likely N-dealkylation sites (N-methyl/N-ethyl adjacent to an activating group) is 1. The lowest BCUT2D eigenvalue weighted by Gasteiger charge is -2.19. The summed E-state index contributed by atoms with van der Waals surface area (Å²) in [5.41, 5.74) is 2.58. The van der Waals surface area contributed by atoms with E-state index in [1.807, 2.05) is 11.7 Å². The van der Waals surface area contributed by atoms with E-state index in [0.29, 0.717) is 0 Å². The molecule has 4 nitrogen and oxygen atoms in total. The van der Waals surface area contributed by atoms with Gasteiger partial charge in [-0.25, -0.2) is 4.98 Å². The van der Waals surface area contributed by atoms with Gasteiger partial charge in [-0.2, -0.15) is 5.10 Å². The first-order valence-corrected chi connectivity index (χ1v) is 7.25. The highest BCUT2D eigenvalue weighted by atomic mass is 79.9. The predicted octanol–water partition coefficient (Wildman–Crippen LogP) is 2.87. The van der Waals surface area contributed by atoms with Gasteiger partial charge >= 0.3 is 0 Å². The van der Waals surface area contributed by atoms with Crippen molar-refractivity contribution in [2.45, 2.75) is 32.9 Å². The highest BCUT2D eigenvalue weighted by molar-refractivity contribution is 9.10. The van der Waals surface area contributed by atoms with Gasteiger partial charge in [0.25, 0.3) is 0 Å². The van der Waals surface area contributed by atoms with Gasteiger partial charge in [-0.3, -0.25) is 4.68 Å². The van der Waals surface area contributed by atoms with Crippen LogP contribution in [0.15, 0.2) is 29.0 Å². The van der Waals surface area contributed by atoms with Gasteiger partial charge in [0, 0.05) is 23.5 Å². The molecule has 1 aromatic carbocycles. The van der Waals surface area contributed by atoms with Crippen molar-refractivity contribution in [2.24, 2.45) is 0 Å². The average Bonchev–Trinajstić information content (AvgIpc) is 2.84. The molecule has 0 amide bonds. The molecular weight excluding hydrogens is 304 g/mol. The summed E-state index contributed by atoms with van der Waals surface area (Å²) in [5, 5.41) is 7.59. The van der Waals surface area contributed by atoms with Crippen LogP contribution >= 0.6 is 15.9 Å². The number of hydrogen-bond acceptors (Lipinski definition) is 3. The smallest absolute Gasteiger partial charge is 0.138 e. The molecule has 19 heavy (non-hydrogen) atoms. The maximum atomic E-state index is 4.35. The van der Waals surface area contributed by atoms with E-state index in [2.05, 4.69) is 63.4 Å². The van der Waals surface area contributed by atoms with Crippen LogP contribution in [0.2, 0.25) is 0 Å². The van der Waals surface area contributed by atoms with Crippen molar-refractivity contribution in [3.63, 3.8) is 0 Å². The number of benzene rings is 1. The van der Waals surface area contributed by atoms with Crippen LogP contribution in [-0.4, -0.2) is 21.8 Å². The number of halogens is 1. The molecule has 0 saturated heterocycles. The SMILES string of the molecule is CCn1ncnc1CC(NC)c1ccc(Br)cc1C. The van der Waals surface area contributed by atoms with Crippen molar-refractivity contribution in [2.75, 3.05) is 7.05 Å². The van der Waals surface area contributed by atoms with Crippen LogP contribution < -0.4 is 5.32 Å². The Morgan fingerprint density at radius 1 is 1.42 bits per heavy atom. The van der Waals surface area contributed by atoms with E-state index in [1.54, 1.807) is 6.33 Å². The highest BCUT2D eigenvalue weighted by Crippen LogP contribution is 2.23. The van der Waals surface area contributed by atoms with Crippen molar-refractivity contribution < 1.29 is 0 Å². The molecule has 5 heteroatoms. The zero-order valence-corrected chi connectivity index (χ0v) is 13.1. The minimum absolute atomic E-state index is 0.252. The van der Waals surface area contributed by atoms with E-state index in [9.17, 15) is 0 Å². The van der Waals surface area contributed by atoms with Crippen LogP contribution in [0.5, 0.6) is 0 Å². The average molecular weight is 323 g/mol. The van der Waals surface area contributed by atoms with Crippen LogP contribution in [0.25, 0.3) is 0 Å². The first-order valence-electron chi connectivity index (χ1n) is 6.45. The molecule has 102 valence electrons. The second kappa shape index (κ2) is 6.30. The lowest BCUT2D eigenvalue weighted by molar-refractivity contribution is 0.532. The third-order valence-electron chi connectivity index (χ3n) is 3.34. The van der Waals surface area contributed by atoms with Gasteiger partial charge in [-0.05, 0) is 44.2 Å². The molecule has 0 aliphatic rings. The van der Waals surface area contributed by atoms with Crippen LogP contribution in [0.4, 0.5) is 0 Å². The third-order valence-corrected chi connectivity index (χ3v) is 3.83.